The van der Waals surface area contributed by atoms with E-state index in [1.165, 1.54) is 18.2 Å². The first-order valence-corrected chi connectivity index (χ1v) is 22.5. The molecule has 0 radical (unpaired) electrons. The van der Waals surface area contributed by atoms with Crippen LogP contribution in [0.15, 0.2) is 77.0 Å². The maximum atomic E-state index is 12.2. The highest BCUT2D eigenvalue weighted by Gasteiger charge is 2.52. The Balaban J connectivity index is 0.000000365. The Kier molecular flexibility index (Phi) is 18.3. The summed E-state index contributed by atoms with van der Waals surface area (Å²) >= 11 is 11.5. The molecule has 0 atom stereocenters. The third-order valence-corrected chi connectivity index (χ3v) is 12.7. The summed E-state index contributed by atoms with van der Waals surface area (Å²) in [7, 11) is -7.00. The van der Waals surface area contributed by atoms with Gasteiger partial charge in [0.25, 0.3) is 0 Å². The van der Waals surface area contributed by atoms with Gasteiger partial charge in [0, 0.05) is 37.1 Å². The molecule has 1 aliphatic rings. The number of rotatable bonds is 4. The first-order chi connectivity index (χ1) is 23.3. The molecule has 52 heavy (non-hydrogen) atoms. The van der Waals surface area contributed by atoms with Gasteiger partial charge in [-0.2, -0.15) is 4.39 Å². The Labute approximate surface area is 338 Å². The van der Waals surface area contributed by atoms with Crippen LogP contribution in [-0.2, 0) is 29.0 Å². The van der Waals surface area contributed by atoms with Crippen LogP contribution in [0.5, 0.6) is 0 Å². The van der Waals surface area contributed by atoms with Gasteiger partial charge in [-0.25, -0.2) is 36.8 Å². The largest absolute Gasteiger partial charge is 0.496 e. The van der Waals surface area contributed by atoms with E-state index in [4.69, 9.17) is 9.31 Å². The predicted octanol–water partition coefficient (Wildman–Crippen LogP) is 8.45. The van der Waals surface area contributed by atoms with E-state index in [1.807, 2.05) is 53.0 Å². The highest BCUT2D eigenvalue weighted by atomic mass is 79.9. The Morgan fingerprint density at radius 3 is 1.38 bits per heavy atom. The minimum atomic E-state index is -3.30. The second-order valence-electron chi connectivity index (χ2n) is 12.3. The van der Waals surface area contributed by atoms with Crippen molar-refractivity contribution in [1.82, 2.24) is 19.9 Å². The molecule has 0 aliphatic carbocycles. The molecule has 1 saturated heterocycles. The highest BCUT2D eigenvalue weighted by molar-refractivity contribution is 9.11. The van der Waals surface area contributed by atoms with Crippen molar-refractivity contribution in [2.75, 3.05) is 18.8 Å². The number of aryl methyl sites for hydroxylation is 4. The van der Waals surface area contributed by atoms with Crippen molar-refractivity contribution in [3.05, 3.63) is 90.7 Å². The number of hydrogen-bond donors (Lipinski definition) is 0. The van der Waals surface area contributed by atoms with Crippen LogP contribution in [0.2, 0.25) is 0 Å². The Hall–Kier alpha value is -1.80. The van der Waals surface area contributed by atoms with E-state index in [0.717, 1.165) is 42.1 Å². The van der Waals surface area contributed by atoms with Gasteiger partial charge in [0.05, 0.1) is 33.3 Å². The highest BCUT2D eigenvalue weighted by Crippen LogP contribution is 2.36. The van der Waals surface area contributed by atoms with E-state index < -0.39 is 43.9 Å². The smallest absolute Gasteiger partial charge is 0.399 e. The lowest BCUT2D eigenvalue weighted by molar-refractivity contribution is 0.00578. The number of halogens is 4. The third-order valence-electron chi connectivity index (χ3n) is 7.56. The van der Waals surface area contributed by atoms with Gasteiger partial charge in [0.2, 0.25) is 5.95 Å². The van der Waals surface area contributed by atoms with Gasteiger partial charge in [-0.15, -0.1) is 11.8 Å². The molecule has 18 heteroatoms. The molecular formula is C34H45BBr3FN4O6S3. The average Bonchev–Trinajstić information content (AvgIpc) is 3.23. The van der Waals surface area contributed by atoms with Gasteiger partial charge in [-0.05, 0) is 152 Å². The van der Waals surface area contributed by atoms with Crippen molar-refractivity contribution in [2.45, 2.75) is 89.1 Å². The van der Waals surface area contributed by atoms with Crippen LogP contribution < -0.4 is 5.46 Å². The zero-order valence-corrected chi connectivity index (χ0v) is 37.4. The molecular weight excluding hydrogens is 926 g/mol. The van der Waals surface area contributed by atoms with Crippen LogP contribution in [0.1, 0.15) is 57.9 Å². The molecule has 4 aromatic heterocycles. The minimum absolute atomic E-state index is 0. The molecule has 286 valence electrons. The fourth-order valence-corrected chi connectivity index (χ4v) is 6.18. The monoisotopic (exact) mass is 968 g/mol. The minimum Gasteiger partial charge on any atom is -0.399 e. The Morgan fingerprint density at radius 2 is 1.02 bits per heavy atom. The molecule has 1 fully saturated rings. The summed E-state index contributed by atoms with van der Waals surface area (Å²) in [4.78, 5) is 15.9. The van der Waals surface area contributed by atoms with Gasteiger partial charge < -0.3 is 9.31 Å². The van der Waals surface area contributed by atoms with Crippen molar-refractivity contribution < 1.29 is 30.5 Å². The summed E-state index contributed by atoms with van der Waals surface area (Å²) in [5.74, 6) is -0.435. The quantitative estimate of drug-likeness (QED) is 0.111. The van der Waals surface area contributed by atoms with E-state index in [-0.39, 0.29) is 17.5 Å². The number of sulfone groups is 2. The molecule has 0 bridgehead atoms. The van der Waals surface area contributed by atoms with E-state index >= 15 is 0 Å². The van der Waals surface area contributed by atoms with E-state index in [9.17, 15) is 21.2 Å². The number of thioether (sulfide) groups is 1. The van der Waals surface area contributed by atoms with Crippen molar-refractivity contribution in [2.24, 2.45) is 0 Å². The summed E-state index contributed by atoms with van der Waals surface area (Å²) in [6, 6.07) is 13.3. The molecule has 0 unspecified atom stereocenters. The van der Waals surface area contributed by atoms with Gasteiger partial charge >= 0.3 is 7.12 Å². The summed E-state index contributed by atoms with van der Waals surface area (Å²) < 4.78 is 71.9. The van der Waals surface area contributed by atoms with E-state index in [2.05, 4.69) is 67.7 Å². The molecule has 5 rings (SSSR count). The molecule has 0 amide bonds. The fourth-order valence-electron chi connectivity index (χ4n) is 3.85. The molecule has 0 N–H and O–H groups in total. The van der Waals surface area contributed by atoms with Crippen LogP contribution in [0.25, 0.3) is 0 Å². The standard InChI is InChI=1S/C13H20BNO4S.C7H8BrNO2S.C7H8BrNS.C6H5BrFN.CH4/c1-9-10(7-8-11(15-9)20(6,16)17)14-18-12(2,3)13(4,5)19-14;1-5-6(8)3-4-7(9-5)12(2,10)11;1-5-6(8)3-4-7(9-5)10-2;1-4-5(7)2-3-6(8)9-4;/h7-8H,1-6H3;3-4H,1-2H3;3-4H,1-2H3;2-3H,1H3;1H4. The number of hydrogen-bond acceptors (Lipinski definition) is 11. The van der Waals surface area contributed by atoms with E-state index in [1.54, 1.807) is 50.7 Å². The lowest BCUT2D eigenvalue weighted by atomic mass is 9.78. The first-order valence-electron chi connectivity index (χ1n) is 15.1. The van der Waals surface area contributed by atoms with Crippen LogP contribution in [0.4, 0.5) is 4.39 Å². The van der Waals surface area contributed by atoms with Crippen LogP contribution in [0.3, 0.4) is 0 Å². The Bertz CT molecular complexity index is 2060. The number of aromatic nitrogens is 4. The first kappa shape index (κ1) is 48.2. The van der Waals surface area contributed by atoms with Crippen molar-refractivity contribution in [1.29, 1.82) is 0 Å². The lowest BCUT2D eigenvalue weighted by Crippen LogP contribution is -2.41. The summed E-state index contributed by atoms with van der Waals surface area (Å²) in [5, 5.41) is 1.25. The molecule has 0 spiro atoms. The van der Waals surface area contributed by atoms with Gasteiger partial charge in [-0.1, -0.05) is 13.5 Å². The van der Waals surface area contributed by atoms with Crippen molar-refractivity contribution >= 4 is 91.8 Å². The second kappa shape index (κ2) is 19.7. The van der Waals surface area contributed by atoms with Crippen molar-refractivity contribution in [3.63, 3.8) is 0 Å². The van der Waals surface area contributed by atoms with Crippen LogP contribution in [0, 0.1) is 33.6 Å². The SMILES string of the molecule is C.CSc1ccc(Br)c(C)n1.Cc1nc(F)ccc1Br.Cc1nc(S(C)(=O)=O)ccc1B1OC(C)(C)C(C)(C)O1.Cc1nc(S(C)(=O)=O)ccc1Br. The number of nitrogens with zero attached hydrogens (tertiary/aromatic N) is 4. The third kappa shape index (κ3) is 14.1. The molecule has 0 aromatic carbocycles. The van der Waals surface area contributed by atoms with E-state index in [0.29, 0.717) is 17.1 Å². The predicted molar refractivity (Wildman–Crippen MR) is 219 cm³/mol. The number of pyridine rings is 4. The summed E-state index contributed by atoms with van der Waals surface area (Å²) in [5.41, 5.74) is 2.90. The van der Waals surface area contributed by atoms with Gasteiger partial charge in [-0.3, -0.25) is 0 Å². The molecule has 4 aromatic rings. The summed E-state index contributed by atoms with van der Waals surface area (Å²) in [6.45, 7) is 15.1. The maximum Gasteiger partial charge on any atom is 0.496 e. The molecule has 1 aliphatic heterocycles. The molecule has 5 heterocycles. The average molecular weight is 971 g/mol. The van der Waals surface area contributed by atoms with Crippen LogP contribution >= 0.6 is 59.6 Å². The van der Waals surface area contributed by atoms with Gasteiger partial charge in [0.15, 0.2) is 29.7 Å². The van der Waals surface area contributed by atoms with Gasteiger partial charge in [0.1, 0.15) is 0 Å². The lowest BCUT2D eigenvalue weighted by Gasteiger charge is -2.32. The summed E-state index contributed by atoms with van der Waals surface area (Å²) in [6.07, 6.45) is 4.31. The fraction of sp³-hybridized carbons (Fsp3) is 0.412. The normalized spacial score (nSPS) is 14.4. The Morgan fingerprint density at radius 1 is 0.635 bits per heavy atom. The maximum absolute atomic E-state index is 12.2. The topological polar surface area (TPSA) is 138 Å². The van der Waals surface area contributed by atoms with Crippen LogP contribution in [-0.4, -0.2) is 73.9 Å². The molecule has 0 saturated carbocycles. The second-order valence-corrected chi connectivity index (χ2v) is 19.6. The molecule has 10 nitrogen and oxygen atoms in total. The zero-order valence-electron chi connectivity index (χ0n) is 30.2. The van der Waals surface area contributed by atoms with Crippen molar-refractivity contribution in [3.8, 4) is 0 Å². The zero-order chi connectivity index (χ0) is 39.1.